The van der Waals surface area contributed by atoms with Gasteiger partial charge in [-0.15, -0.1) is 0 Å². The molecule has 5 atom stereocenters. The fourth-order valence-corrected chi connectivity index (χ4v) is 5.64. The molecule has 0 radical (unpaired) electrons. The van der Waals surface area contributed by atoms with Crippen LogP contribution < -0.4 is 0 Å². The fraction of sp³-hybridized carbons (Fsp3) is 0.842. The number of allylic oxidation sites excluding steroid dienone is 2. The van der Waals surface area contributed by atoms with Crippen LogP contribution in [0.2, 0.25) is 0 Å². The minimum absolute atomic E-state index is 0.183. The second kappa shape index (κ2) is 6.09. The van der Waals surface area contributed by atoms with Crippen molar-refractivity contribution >= 4 is 5.78 Å². The average molecular weight is 306 g/mol. The van der Waals surface area contributed by atoms with Crippen LogP contribution in [0.4, 0.5) is 0 Å². The highest BCUT2D eigenvalue weighted by Crippen LogP contribution is 2.67. The van der Waals surface area contributed by atoms with E-state index in [0.29, 0.717) is 36.4 Å². The molecule has 0 N–H and O–H groups in total. The number of hydrogen-bond donors (Lipinski definition) is 0. The predicted molar refractivity (Wildman–Crippen MR) is 86.4 cm³/mol. The molecule has 0 saturated heterocycles. The van der Waals surface area contributed by atoms with Crippen LogP contribution in [0.25, 0.3) is 0 Å². The Morgan fingerprint density at radius 1 is 1.41 bits per heavy atom. The van der Waals surface area contributed by atoms with E-state index in [9.17, 15) is 4.79 Å². The smallest absolute Gasteiger partial charge is 0.146 e. The quantitative estimate of drug-likeness (QED) is 0.547. The van der Waals surface area contributed by atoms with Crippen molar-refractivity contribution in [1.29, 1.82) is 0 Å². The molecule has 0 aromatic heterocycles. The van der Waals surface area contributed by atoms with Crippen LogP contribution in [0, 0.1) is 22.7 Å². The van der Waals surface area contributed by atoms with Crippen molar-refractivity contribution in [2.45, 2.75) is 64.9 Å². The predicted octanol–water partition coefficient (Wildman–Crippen LogP) is 4.12. The van der Waals surface area contributed by atoms with E-state index < -0.39 is 0 Å². The normalized spacial score (nSPS) is 43.1. The van der Waals surface area contributed by atoms with Crippen molar-refractivity contribution in [1.82, 2.24) is 0 Å². The summed E-state index contributed by atoms with van der Waals surface area (Å²) >= 11 is 0. The summed E-state index contributed by atoms with van der Waals surface area (Å²) in [6.07, 6.45) is 13.0. The number of fused-ring (bicyclic) bond motifs is 1. The number of methoxy groups -OCH3 is 1. The van der Waals surface area contributed by atoms with Crippen LogP contribution in [-0.2, 0) is 14.3 Å². The molecule has 3 heteroatoms. The third-order valence-electron chi connectivity index (χ3n) is 6.84. The fourth-order valence-electron chi connectivity index (χ4n) is 5.64. The van der Waals surface area contributed by atoms with E-state index in [2.05, 4.69) is 19.1 Å². The third-order valence-corrected chi connectivity index (χ3v) is 6.84. The van der Waals surface area contributed by atoms with E-state index in [1.807, 2.05) is 0 Å². The van der Waals surface area contributed by atoms with E-state index in [4.69, 9.17) is 9.47 Å². The van der Waals surface area contributed by atoms with Crippen molar-refractivity contribution in [2.75, 3.05) is 13.9 Å². The first-order valence-corrected chi connectivity index (χ1v) is 8.78. The van der Waals surface area contributed by atoms with Gasteiger partial charge in [0.1, 0.15) is 12.6 Å². The standard InChI is InChI=1S/C19H30O3/c1-14(20)6-9-18(2)8-4-5-16-11-15-12-19(16,18)10-7-17(15)22-13-21-3/h4,8,15-17H,5-7,9-13H2,1-3H3/t15-,16-,17-,18+,19+/m0/s1. The maximum atomic E-state index is 11.5. The van der Waals surface area contributed by atoms with Gasteiger partial charge < -0.3 is 14.3 Å². The van der Waals surface area contributed by atoms with Gasteiger partial charge in [-0.05, 0) is 68.1 Å². The molecule has 0 unspecified atom stereocenters. The lowest BCUT2D eigenvalue weighted by molar-refractivity contribution is -0.121. The molecular weight excluding hydrogens is 276 g/mol. The largest absolute Gasteiger partial charge is 0.359 e. The lowest BCUT2D eigenvalue weighted by Crippen LogP contribution is -2.46. The Morgan fingerprint density at radius 3 is 2.95 bits per heavy atom. The molecule has 0 aliphatic heterocycles. The first kappa shape index (κ1) is 16.2. The molecule has 3 aliphatic rings. The zero-order valence-corrected chi connectivity index (χ0v) is 14.3. The molecular formula is C19H30O3. The molecule has 22 heavy (non-hydrogen) atoms. The van der Waals surface area contributed by atoms with Gasteiger partial charge in [0.2, 0.25) is 0 Å². The van der Waals surface area contributed by atoms with E-state index in [-0.39, 0.29) is 5.41 Å². The summed E-state index contributed by atoms with van der Waals surface area (Å²) in [5.41, 5.74) is 0.581. The lowest BCUT2D eigenvalue weighted by atomic mass is 9.51. The summed E-state index contributed by atoms with van der Waals surface area (Å²) in [4.78, 5) is 11.5. The Hall–Kier alpha value is -0.670. The number of carbonyl (C=O) groups excluding carboxylic acids is 1. The van der Waals surface area contributed by atoms with Gasteiger partial charge in [-0.2, -0.15) is 0 Å². The van der Waals surface area contributed by atoms with Gasteiger partial charge >= 0.3 is 0 Å². The molecule has 0 aromatic rings. The second-order valence-corrected chi connectivity index (χ2v) is 7.96. The van der Waals surface area contributed by atoms with Crippen molar-refractivity contribution in [3.8, 4) is 0 Å². The Labute approximate surface area is 134 Å². The van der Waals surface area contributed by atoms with Gasteiger partial charge in [0.15, 0.2) is 0 Å². The Bertz CT molecular complexity index is 458. The Morgan fingerprint density at radius 2 is 2.23 bits per heavy atom. The van der Waals surface area contributed by atoms with Crippen molar-refractivity contribution in [3.63, 3.8) is 0 Å². The zero-order valence-electron chi connectivity index (χ0n) is 14.3. The van der Waals surface area contributed by atoms with E-state index in [1.165, 1.54) is 25.7 Å². The molecule has 124 valence electrons. The summed E-state index contributed by atoms with van der Waals surface area (Å²) in [7, 11) is 1.70. The maximum absolute atomic E-state index is 11.5. The van der Waals surface area contributed by atoms with E-state index in [0.717, 1.165) is 18.8 Å². The Balaban J connectivity index is 1.78. The van der Waals surface area contributed by atoms with E-state index in [1.54, 1.807) is 14.0 Å². The topological polar surface area (TPSA) is 35.5 Å². The molecule has 2 saturated carbocycles. The molecule has 0 heterocycles. The zero-order chi connectivity index (χ0) is 15.8. The van der Waals surface area contributed by atoms with Gasteiger partial charge in [0, 0.05) is 13.5 Å². The van der Waals surface area contributed by atoms with Crippen LogP contribution in [0.15, 0.2) is 12.2 Å². The average Bonchev–Trinajstić information content (AvgIpc) is 2.80. The molecule has 1 spiro atoms. The number of carbonyl (C=O) groups is 1. The first-order chi connectivity index (χ1) is 10.5. The molecule has 3 nitrogen and oxygen atoms in total. The van der Waals surface area contributed by atoms with Gasteiger partial charge in [-0.3, -0.25) is 0 Å². The minimum Gasteiger partial charge on any atom is -0.359 e. The molecule has 3 aliphatic carbocycles. The van der Waals surface area contributed by atoms with Crippen molar-refractivity contribution in [2.24, 2.45) is 22.7 Å². The Kier molecular flexibility index (Phi) is 4.48. The van der Waals surface area contributed by atoms with Crippen LogP contribution in [0.3, 0.4) is 0 Å². The SMILES string of the molecule is COCO[C@H]1CC[C@@]23C[C@@H]1C[C@@H]2CC=C[C@]3(C)CCC(C)=O. The van der Waals surface area contributed by atoms with Gasteiger partial charge in [-0.1, -0.05) is 19.1 Å². The third kappa shape index (κ3) is 2.56. The minimum atomic E-state index is 0.183. The van der Waals surface area contributed by atoms with Gasteiger partial charge in [0.25, 0.3) is 0 Å². The molecule has 2 fully saturated rings. The molecule has 3 rings (SSSR count). The number of rotatable bonds is 6. The molecule has 2 bridgehead atoms. The maximum Gasteiger partial charge on any atom is 0.146 e. The van der Waals surface area contributed by atoms with Crippen LogP contribution >= 0.6 is 0 Å². The van der Waals surface area contributed by atoms with Gasteiger partial charge in [-0.25, -0.2) is 0 Å². The highest BCUT2D eigenvalue weighted by atomic mass is 16.7. The summed E-state index contributed by atoms with van der Waals surface area (Å²) in [5, 5.41) is 0. The first-order valence-electron chi connectivity index (χ1n) is 8.78. The van der Waals surface area contributed by atoms with E-state index >= 15 is 0 Å². The summed E-state index contributed by atoms with van der Waals surface area (Å²) in [6.45, 7) is 4.54. The second-order valence-electron chi connectivity index (χ2n) is 7.96. The summed E-state index contributed by atoms with van der Waals surface area (Å²) < 4.78 is 11.0. The van der Waals surface area contributed by atoms with Crippen molar-refractivity contribution in [3.05, 3.63) is 12.2 Å². The number of ketones is 1. The van der Waals surface area contributed by atoms with Crippen molar-refractivity contribution < 1.29 is 14.3 Å². The summed E-state index contributed by atoms with van der Waals surface area (Å²) in [6, 6.07) is 0. The van der Waals surface area contributed by atoms with Crippen LogP contribution in [0.5, 0.6) is 0 Å². The summed E-state index contributed by atoms with van der Waals surface area (Å²) in [5.74, 6) is 1.76. The number of hydrogen-bond acceptors (Lipinski definition) is 3. The lowest BCUT2D eigenvalue weighted by Gasteiger charge is -2.53. The monoisotopic (exact) mass is 306 g/mol. The van der Waals surface area contributed by atoms with Crippen LogP contribution in [-0.4, -0.2) is 25.8 Å². The van der Waals surface area contributed by atoms with Crippen LogP contribution in [0.1, 0.15) is 58.8 Å². The highest BCUT2D eigenvalue weighted by Gasteiger charge is 2.60. The molecule has 0 aromatic carbocycles. The highest BCUT2D eigenvalue weighted by molar-refractivity contribution is 5.75. The number of ether oxygens (including phenoxy) is 2. The number of Topliss-reactive ketones (excluding diaryl/α,β-unsaturated/α-hetero) is 1. The molecule has 0 amide bonds. The van der Waals surface area contributed by atoms with Gasteiger partial charge in [0.05, 0.1) is 6.10 Å².